The van der Waals surface area contributed by atoms with Gasteiger partial charge < -0.3 is 15.1 Å². The summed E-state index contributed by atoms with van der Waals surface area (Å²) in [5.74, 6) is -1.70. The summed E-state index contributed by atoms with van der Waals surface area (Å²) in [6.45, 7) is 3.08. The maximum atomic E-state index is 14.5. The van der Waals surface area contributed by atoms with Crippen molar-refractivity contribution in [2.75, 3.05) is 18.1 Å². The summed E-state index contributed by atoms with van der Waals surface area (Å²) in [5.41, 5.74) is -1.05. The van der Waals surface area contributed by atoms with E-state index >= 15 is 0 Å². The number of oxazole rings is 1. The van der Waals surface area contributed by atoms with E-state index in [2.05, 4.69) is 15.6 Å². The van der Waals surface area contributed by atoms with E-state index in [1.807, 2.05) is 0 Å². The number of anilines is 1. The van der Waals surface area contributed by atoms with Gasteiger partial charge in [0.2, 0.25) is 16.0 Å². The van der Waals surface area contributed by atoms with E-state index in [4.69, 9.17) is 9.83 Å². The minimum absolute atomic E-state index is 0.0121. The minimum Gasteiger partial charge on any atom is -0.448 e. The van der Waals surface area contributed by atoms with E-state index in [0.29, 0.717) is 5.89 Å². The average molecular weight is 395 g/mol. The summed E-state index contributed by atoms with van der Waals surface area (Å²) >= 11 is 0. The lowest BCUT2D eigenvalue weighted by Crippen LogP contribution is -2.61. The summed E-state index contributed by atoms with van der Waals surface area (Å²) in [6.07, 6.45) is 1.20. The smallest absolute Gasteiger partial charge is 0.277 e. The van der Waals surface area contributed by atoms with Crippen LogP contribution in [-0.2, 0) is 15.6 Å². The van der Waals surface area contributed by atoms with Crippen LogP contribution in [0.25, 0.3) is 0 Å². The van der Waals surface area contributed by atoms with Crippen molar-refractivity contribution in [1.29, 1.82) is 5.41 Å². The lowest BCUT2D eigenvalue weighted by Gasteiger charge is -2.40. The van der Waals surface area contributed by atoms with Crippen LogP contribution in [0, 0.1) is 18.2 Å². The molecular weight excluding hydrogens is 377 g/mol. The van der Waals surface area contributed by atoms with E-state index in [1.54, 1.807) is 6.92 Å². The van der Waals surface area contributed by atoms with Crippen LogP contribution in [0.2, 0.25) is 0 Å². The monoisotopic (exact) mass is 395 g/mol. The van der Waals surface area contributed by atoms with Crippen LogP contribution in [0.3, 0.4) is 0 Å². The number of hydrogen-bond acceptors (Lipinski definition) is 6. The molecule has 1 atom stereocenters. The molecule has 0 saturated carbocycles. The second-order valence-electron chi connectivity index (χ2n) is 6.43. The lowest BCUT2D eigenvalue weighted by molar-refractivity contribution is 0.102. The molecule has 1 aliphatic heterocycles. The first kappa shape index (κ1) is 18.8. The fourth-order valence-corrected chi connectivity index (χ4v) is 4.29. The summed E-state index contributed by atoms with van der Waals surface area (Å²) in [5, 5.41) is 13.1. The van der Waals surface area contributed by atoms with Crippen molar-refractivity contribution in [2.45, 2.75) is 19.4 Å². The first-order chi connectivity index (χ1) is 12.5. The number of aryl methyl sites for hydroxylation is 1. The van der Waals surface area contributed by atoms with Crippen LogP contribution in [0.5, 0.6) is 0 Å². The Balaban J connectivity index is 1.93. The highest BCUT2D eigenvalue weighted by Crippen LogP contribution is 2.31. The number of sulfonamides is 1. The third kappa shape index (κ3) is 3.50. The molecule has 1 amide bonds. The number of hydrogen-bond donors (Lipinski definition) is 3. The molecule has 1 fully saturated rings. The molecule has 0 spiro atoms. The maximum absolute atomic E-state index is 14.5. The van der Waals surface area contributed by atoms with Gasteiger partial charge in [0.05, 0.1) is 11.3 Å². The van der Waals surface area contributed by atoms with E-state index in [0.717, 1.165) is 10.4 Å². The molecule has 2 aromatic rings. The first-order valence-electron chi connectivity index (χ1n) is 7.89. The molecule has 0 aliphatic carbocycles. The summed E-state index contributed by atoms with van der Waals surface area (Å²) < 4.78 is 44.8. The quantitative estimate of drug-likeness (QED) is 0.720. The van der Waals surface area contributed by atoms with Gasteiger partial charge in [-0.1, -0.05) is 0 Å². The molecule has 0 unspecified atom stereocenters. The molecule has 3 N–H and O–H groups in total. The third-order valence-corrected chi connectivity index (χ3v) is 6.23. The van der Waals surface area contributed by atoms with Gasteiger partial charge in [0.15, 0.2) is 11.6 Å². The van der Waals surface area contributed by atoms with E-state index < -0.39 is 33.0 Å². The average Bonchev–Trinajstić information content (AvgIpc) is 3.00. The Morgan fingerprint density at radius 2 is 2.19 bits per heavy atom. The molecule has 0 radical (unpaired) electrons. The second-order valence-corrected chi connectivity index (χ2v) is 8.43. The Kier molecular flexibility index (Phi) is 4.42. The second kappa shape index (κ2) is 6.34. The molecule has 27 heavy (non-hydrogen) atoms. The molecule has 144 valence electrons. The minimum atomic E-state index is -3.79. The highest BCUT2D eigenvalue weighted by molar-refractivity contribution is 7.89. The molecule has 1 aromatic heterocycles. The standard InChI is InChI=1S/C16H18FN5O4S/c1-9-19-13(7-26-9)14(23)20-10-4-5-12(17)11(6-10)16(2)8-27(24,25)22(3)15(18)21-16/h4-7H,8H2,1-3H3,(H2,18,21)(H,20,23)/t16-/m0/s1. The van der Waals surface area contributed by atoms with Crippen LogP contribution in [0.4, 0.5) is 10.1 Å². The van der Waals surface area contributed by atoms with Crippen LogP contribution in [-0.4, -0.2) is 42.4 Å². The predicted molar refractivity (Wildman–Crippen MR) is 95.4 cm³/mol. The van der Waals surface area contributed by atoms with Gasteiger partial charge >= 0.3 is 0 Å². The highest BCUT2D eigenvalue weighted by Gasteiger charge is 2.43. The number of nitrogens with zero attached hydrogens (tertiary/aromatic N) is 2. The number of benzene rings is 1. The van der Waals surface area contributed by atoms with Crippen LogP contribution >= 0.6 is 0 Å². The first-order valence-corrected chi connectivity index (χ1v) is 9.49. The normalized spacial score (nSPS) is 21.6. The summed E-state index contributed by atoms with van der Waals surface area (Å²) in [6, 6.07) is 3.81. The van der Waals surface area contributed by atoms with Gasteiger partial charge in [-0.3, -0.25) is 10.2 Å². The molecule has 1 aromatic carbocycles. The van der Waals surface area contributed by atoms with Crippen molar-refractivity contribution in [3.8, 4) is 0 Å². The predicted octanol–water partition coefficient (Wildman–Crippen LogP) is 1.39. The molecule has 1 aliphatic rings. The number of nitrogens with one attached hydrogen (secondary N) is 3. The number of guanidine groups is 1. The van der Waals surface area contributed by atoms with Gasteiger partial charge in [0.1, 0.15) is 12.1 Å². The number of amides is 1. The summed E-state index contributed by atoms with van der Waals surface area (Å²) in [7, 11) is -2.54. The van der Waals surface area contributed by atoms with Crippen molar-refractivity contribution in [1.82, 2.24) is 14.6 Å². The van der Waals surface area contributed by atoms with Crippen LogP contribution in [0.15, 0.2) is 28.9 Å². The molecule has 11 heteroatoms. The van der Waals surface area contributed by atoms with Gasteiger partial charge in [0, 0.05) is 25.2 Å². The largest absolute Gasteiger partial charge is 0.448 e. The zero-order valence-electron chi connectivity index (χ0n) is 14.8. The zero-order chi connectivity index (χ0) is 20.0. The maximum Gasteiger partial charge on any atom is 0.277 e. The van der Waals surface area contributed by atoms with Gasteiger partial charge in [-0.2, -0.15) is 0 Å². The zero-order valence-corrected chi connectivity index (χ0v) is 15.6. The highest BCUT2D eigenvalue weighted by atomic mass is 32.2. The molecule has 0 bridgehead atoms. The molecular formula is C16H18FN5O4S. The number of carbonyl (C=O) groups is 1. The van der Waals surface area contributed by atoms with Gasteiger partial charge in [-0.05, 0) is 25.1 Å². The number of halogens is 1. The van der Waals surface area contributed by atoms with E-state index in [1.165, 1.54) is 32.4 Å². The number of aromatic nitrogens is 1. The Labute approximate surface area is 155 Å². The van der Waals surface area contributed by atoms with Crippen molar-refractivity contribution in [3.63, 3.8) is 0 Å². The molecule has 1 saturated heterocycles. The lowest BCUT2D eigenvalue weighted by atomic mass is 9.93. The Morgan fingerprint density at radius 1 is 1.48 bits per heavy atom. The number of rotatable bonds is 3. The Morgan fingerprint density at radius 3 is 2.78 bits per heavy atom. The van der Waals surface area contributed by atoms with Gasteiger partial charge in [-0.15, -0.1) is 0 Å². The third-order valence-electron chi connectivity index (χ3n) is 4.27. The summed E-state index contributed by atoms with van der Waals surface area (Å²) in [4.78, 5) is 16.1. The van der Waals surface area contributed by atoms with Crippen molar-refractivity contribution in [2.24, 2.45) is 0 Å². The molecule has 2 heterocycles. The van der Waals surface area contributed by atoms with Crippen molar-refractivity contribution >= 4 is 27.6 Å². The van der Waals surface area contributed by atoms with E-state index in [9.17, 15) is 17.6 Å². The molecule has 9 nitrogen and oxygen atoms in total. The Hall–Kier alpha value is -2.95. The molecule has 3 rings (SSSR count). The topological polar surface area (TPSA) is 128 Å². The fourth-order valence-electron chi connectivity index (χ4n) is 2.81. The van der Waals surface area contributed by atoms with Crippen molar-refractivity contribution in [3.05, 3.63) is 47.4 Å². The van der Waals surface area contributed by atoms with Gasteiger partial charge in [-0.25, -0.2) is 22.1 Å². The van der Waals surface area contributed by atoms with Crippen LogP contribution < -0.4 is 10.6 Å². The Bertz CT molecular complexity index is 1040. The SMILES string of the molecule is Cc1nc(C(=O)Nc2ccc(F)c([C@]3(C)CS(=O)(=O)N(C)C(=N)N3)c2)co1. The van der Waals surface area contributed by atoms with Crippen molar-refractivity contribution < 1.29 is 22.0 Å². The fraction of sp³-hybridized carbons (Fsp3) is 0.312. The van der Waals surface area contributed by atoms with E-state index in [-0.39, 0.29) is 22.9 Å². The number of carbonyl (C=O) groups excluding carboxylic acids is 1. The van der Waals surface area contributed by atoms with Crippen LogP contribution in [0.1, 0.15) is 28.9 Å². The van der Waals surface area contributed by atoms with Gasteiger partial charge in [0.25, 0.3) is 5.91 Å².